The van der Waals surface area contributed by atoms with E-state index in [1.54, 1.807) is 0 Å². The molecule has 3 N–H and O–H groups in total. The van der Waals surface area contributed by atoms with Gasteiger partial charge in [-0.05, 0) is 30.7 Å². The zero-order valence-corrected chi connectivity index (χ0v) is 12.4. The third kappa shape index (κ3) is 4.67. The SMILES string of the molecule is Cc1cc(NC(=O)CN)ccc1OC1CCOCC1.Cl. The second-order valence-corrected chi connectivity index (χ2v) is 4.66. The van der Waals surface area contributed by atoms with Crippen molar-refractivity contribution in [2.75, 3.05) is 25.1 Å². The molecule has 1 aliphatic heterocycles. The van der Waals surface area contributed by atoms with Crippen molar-refractivity contribution in [2.24, 2.45) is 5.73 Å². The summed E-state index contributed by atoms with van der Waals surface area (Å²) in [5, 5.41) is 2.72. The topological polar surface area (TPSA) is 73.6 Å². The van der Waals surface area contributed by atoms with Crippen LogP contribution in [0.3, 0.4) is 0 Å². The van der Waals surface area contributed by atoms with E-state index in [0.29, 0.717) is 0 Å². The van der Waals surface area contributed by atoms with Gasteiger partial charge >= 0.3 is 0 Å². The summed E-state index contributed by atoms with van der Waals surface area (Å²) < 4.78 is 11.3. The van der Waals surface area contributed by atoms with Crippen LogP contribution in [0, 0.1) is 6.92 Å². The summed E-state index contributed by atoms with van der Waals surface area (Å²) in [6, 6.07) is 5.61. The third-order valence-corrected chi connectivity index (χ3v) is 3.11. The van der Waals surface area contributed by atoms with Gasteiger partial charge in [0, 0.05) is 18.5 Å². The van der Waals surface area contributed by atoms with Gasteiger partial charge in [-0.2, -0.15) is 0 Å². The van der Waals surface area contributed by atoms with Gasteiger partial charge < -0.3 is 20.5 Å². The van der Waals surface area contributed by atoms with Gasteiger partial charge in [-0.25, -0.2) is 0 Å². The number of benzene rings is 1. The molecule has 20 heavy (non-hydrogen) atoms. The molecule has 1 aromatic rings. The smallest absolute Gasteiger partial charge is 0.238 e. The summed E-state index contributed by atoms with van der Waals surface area (Å²) in [4.78, 5) is 11.2. The molecule has 0 spiro atoms. The van der Waals surface area contributed by atoms with Gasteiger partial charge in [0.2, 0.25) is 5.91 Å². The fourth-order valence-electron chi connectivity index (χ4n) is 2.04. The van der Waals surface area contributed by atoms with Crippen LogP contribution in [0.4, 0.5) is 5.69 Å². The lowest BCUT2D eigenvalue weighted by Crippen LogP contribution is -2.26. The summed E-state index contributed by atoms with van der Waals surface area (Å²) in [5.74, 6) is 0.662. The van der Waals surface area contributed by atoms with Crippen LogP contribution in [0.25, 0.3) is 0 Å². The molecule has 1 aromatic carbocycles. The van der Waals surface area contributed by atoms with Crippen LogP contribution in [0.5, 0.6) is 5.75 Å². The monoisotopic (exact) mass is 300 g/mol. The first kappa shape index (κ1) is 16.8. The number of nitrogens with one attached hydrogen (secondary N) is 1. The molecule has 0 aromatic heterocycles. The Balaban J connectivity index is 0.00000200. The third-order valence-electron chi connectivity index (χ3n) is 3.11. The van der Waals surface area contributed by atoms with Gasteiger partial charge in [0.15, 0.2) is 0 Å². The zero-order chi connectivity index (χ0) is 13.7. The molecule has 0 atom stereocenters. The maximum atomic E-state index is 11.2. The molecule has 5 nitrogen and oxygen atoms in total. The van der Waals surface area contributed by atoms with E-state index in [1.807, 2.05) is 25.1 Å². The zero-order valence-electron chi connectivity index (χ0n) is 11.6. The van der Waals surface area contributed by atoms with Gasteiger partial charge in [0.25, 0.3) is 0 Å². The molecular formula is C14H21ClN2O3. The molecule has 2 rings (SSSR count). The Morgan fingerprint density at radius 1 is 1.45 bits per heavy atom. The minimum Gasteiger partial charge on any atom is -0.490 e. The highest BCUT2D eigenvalue weighted by Gasteiger charge is 2.16. The first-order valence-electron chi connectivity index (χ1n) is 6.54. The molecule has 1 heterocycles. The molecule has 6 heteroatoms. The molecule has 1 saturated heterocycles. The number of nitrogens with two attached hydrogens (primary N) is 1. The molecule has 0 radical (unpaired) electrons. The minimum absolute atomic E-state index is 0. The number of aryl methyl sites for hydroxylation is 1. The highest BCUT2D eigenvalue weighted by atomic mass is 35.5. The van der Waals surface area contributed by atoms with E-state index in [1.165, 1.54) is 0 Å². The van der Waals surface area contributed by atoms with Gasteiger partial charge in [-0.1, -0.05) is 0 Å². The number of carbonyl (C=O) groups is 1. The van der Waals surface area contributed by atoms with Crippen LogP contribution < -0.4 is 15.8 Å². The number of hydrogen-bond donors (Lipinski definition) is 2. The predicted octanol–water partition coefficient (Wildman–Crippen LogP) is 1.87. The number of anilines is 1. The van der Waals surface area contributed by atoms with Crippen molar-refractivity contribution >= 4 is 24.0 Å². The standard InChI is InChI=1S/C14H20N2O3.ClH/c1-10-8-11(16-14(17)9-15)2-3-13(10)19-12-4-6-18-7-5-12;/h2-3,8,12H,4-7,9,15H2,1H3,(H,16,17);1H. The van der Waals surface area contributed by atoms with Gasteiger partial charge in [-0.15, -0.1) is 12.4 Å². The van der Waals surface area contributed by atoms with Crippen molar-refractivity contribution in [3.8, 4) is 5.75 Å². The largest absolute Gasteiger partial charge is 0.490 e. The van der Waals surface area contributed by atoms with E-state index in [-0.39, 0.29) is 31.0 Å². The molecule has 112 valence electrons. The van der Waals surface area contributed by atoms with Crippen molar-refractivity contribution < 1.29 is 14.3 Å². The van der Waals surface area contributed by atoms with Crippen molar-refractivity contribution in [1.82, 2.24) is 0 Å². The van der Waals surface area contributed by atoms with E-state index in [4.69, 9.17) is 15.2 Å². The summed E-state index contributed by atoms with van der Waals surface area (Å²) in [6.45, 7) is 3.47. The van der Waals surface area contributed by atoms with Gasteiger partial charge in [0.1, 0.15) is 11.9 Å². The lowest BCUT2D eigenvalue weighted by atomic mass is 10.1. The number of ether oxygens (including phenoxy) is 2. The van der Waals surface area contributed by atoms with Crippen LogP contribution >= 0.6 is 12.4 Å². The Hall–Kier alpha value is -1.30. The quantitative estimate of drug-likeness (QED) is 0.890. The summed E-state index contributed by atoms with van der Waals surface area (Å²) >= 11 is 0. The Morgan fingerprint density at radius 2 is 2.15 bits per heavy atom. The average molecular weight is 301 g/mol. The van der Waals surface area contributed by atoms with Gasteiger partial charge in [-0.3, -0.25) is 4.79 Å². The lowest BCUT2D eigenvalue weighted by Gasteiger charge is -2.24. The van der Waals surface area contributed by atoms with E-state index in [0.717, 1.165) is 43.1 Å². The number of rotatable bonds is 4. The molecule has 0 bridgehead atoms. The number of carbonyl (C=O) groups excluding carboxylic acids is 1. The maximum absolute atomic E-state index is 11.2. The molecule has 0 unspecified atom stereocenters. The van der Waals surface area contributed by atoms with E-state index >= 15 is 0 Å². The van der Waals surface area contributed by atoms with E-state index < -0.39 is 0 Å². The van der Waals surface area contributed by atoms with E-state index in [9.17, 15) is 4.79 Å². The molecule has 0 saturated carbocycles. The first-order chi connectivity index (χ1) is 9.19. The molecular weight excluding hydrogens is 280 g/mol. The van der Waals surface area contributed by atoms with Gasteiger partial charge in [0.05, 0.1) is 19.8 Å². The molecule has 1 amide bonds. The predicted molar refractivity (Wildman–Crippen MR) is 80.6 cm³/mol. The number of hydrogen-bond acceptors (Lipinski definition) is 4. The highest BCUT2D eigenvalue weighted by Crippen LogP contribution is 2.25. The van der Waals surface area contributed by atoms with Crippen LogP contribution in [-0.4, -0.2) is 31.8 Å². The number of amides is 1. The average Bonchev–Trinajstić information content (AvgIpc) is 2.43. The Labute approximate surface area is 125 Å². The summed E-state index contributed by atoms with van der Waals surface area (Å²) in [5.41, 5.74) is 7.01. The number of halogens is 1. The van der Waals surface area contributed by atoms with Crippen molar-refractivity contribution in [3.63, 3.8) is 0 Å². The van der Waals surface area contributed by atoms with Crippen LogP contribution in [-0.2, 0) is 9.53 Å². The fraction of sp³-hybridized carbons (Fsp3) is 0.500. The van der Waals surface area contributed by atoms with Crippen LogP contribution in [0.1, 0.15) is 18.4 Å². The Morgan fingerprint density at radius 3 is 2.75 bits per heavy atom. The molecule has 0 aliphatic carbocycles. The van der Waals surface area contributed by atoms with Crippen molar-refractivity contribution in [2.45, 2.75) is 25.9 Å². The summed E-state index contributed by atoms with van der Waals surface area (Å²) in [7, 11) is 0. The van der Waals surface area contributed by atoms with Crippen LogP contribution in [0.15, 0.2) is 18.2 Å². The lowest BCUT2D eigenvalue weighted by molar-refractivity contribution is -0.114. The normalized spacial score (nSPS) is 15.3. The molecule has 1 aliphatic rings. The van der Waals surface area contributed by atoms with Crippen molar-refractivity contribution in [3.05, 3.63) is 23.8 Å². The van der Waals surface area contributed by atoms with Crippen LogP contribution in [0.2, 0.25) is 0 Å². The maximum Gasteiger partial charge on any atom is 0.238 e. The Bertz CT molecular complexity index is 448. The fourth-order valence-corrected chi connectivity index (χ4v) is 2.04. The Kier molecular flexibility index (Phi) is 6.78. The second-order valence-electron chi connectivity index (χ2n) is 4.66. The highest BCUT2D eigenvalue weighted by molar-refractivity contribution is 5.92. The minimum atomic E-state index is -0.197. The van der Waals surface area contributed by atoms with E-state index in [2.05, 4.69) is 5.32 Å². The van der Waals surface area contributed by atoms with Crippen molar-refractivity contribution in [1.29, 1.82) is 0 Å². The first-order valence-corrected chi connectivity index (χ1v) is 6.54. The molecule has 1 fully saturated rings. The second kappa shape index (κ2) is 8.09. The summed E-state index contributed by atoms with van der Waals surface area (Å²) in [6.07, 6.45) is 2.06.